The number of rotatable bonds is 4. The van der Waals surface area contributed by atoms with Gasteiger partial charge in [0.15, 0.2) is 0 Å². The Morgan fingerprint density at radius 1 is 1.40 bits per heavy atom. The second-order valence-electron chi connectivity index (χ2n) is 5.59. The minimum atomic E-state index is -0.117. The summed E-state index contributed by atoms with van der Waals surface area (Å²) in [5, 5.41) is 3.40. The molecule has 0 aromatic rings. The van der Waals surface area contributed by atoms with Crippen molar-refractivity contribution < 1.29 is 9.53 Å². The van der Waals surface area contributed by atoms with Crippen molar-refractivity contribution in [1.29, 1.82) is 0 Å². The Hall–Kier alpha value is -0.570. The molecular weight excluding hydrogens is 190 g/mol. The van der Waals surface area contributed by atoms with Gasteiger partial charge in [0.05, 0.1) is 7.11 Å². The normalized spacial score (nSPS) is 20.9. The van der Waals surface area contributed by atoms with Crippen molar-refractivity contribution in [2.45, 2.75) is 52.6 Å². The highest BCUT2D eigenvalue weighted by molar-refractivity contribution is 5.76. The summed E-state index contributed by atoms with van der Waals surface area (Å²) in [7, 11) is 1.46. The van der Waals surface area contributed by atoms with Gasteiger partial charge in [-0.25, -0.2) is 0 Å². The van der Waals surface area contributed by atoms with Crippen LogP contribution in [-0.2, 0) is 9.53 Å². The highest BCUT2D eigenvalue weighted by Crippen LogP contribution is 2.34. The van der Waals surface area contributed by atoms with Gasteiger partial charge < -0.3 is 10.1 Å². The van der Waals surface area contributed by atoms with Crippen molar-refractivity contribution in [1.82, 2.24) is 5.32 Å². The second-order valence-corrected chi connectivity index (χ2v) is 5.59. The first-order chi connectivity index (χ1) is 6.86. The molecule has 0 aromatic carbocycles. The number of carbonyl (C=O) groups is 1. The fourth-order valence-corrected chi connectivity index (χ4v) is 1.47. The first kappa shape index (κ1) is 12.5. The van der Waals surface area contributed by atoms with Crippen LogP contribution in [-0.4, -0.2) is 25.2 Å². The number of hydrogen-bond acceptors (Lipinski definition) is 3. The third kappa shape index (κ3) is 3.49. The quantitative estimate of drug-likeness (QED) is 0.725. The fraction of sp³-hybridized carbons (Fsp3) is 0.917. The lowest BCUT2D eigenvalue weighted by Crippen LogP contribution is -2.49. The number of hydrogen-bond donors (Lipinski definition) is 1. The van der Waals surface area contributed by atoms with Crippen LogP contribution in [0.4, 0.5) is 0 Å². The maximum atomic E-state index is 11.6. The van der Waals surface area contributed by atoms with Gasteiger partial charge in [-0.3, -0.25) is 4.79 Å². The minimum absolute atomic E-state index is 0.107. The predicted molar refractivity (Wildman–Crippen MR) is 60.6 cm³/mol. The van der Waals surface area contributed by atoms with Gasteiger partial charge in [-0.2, -0.15) is 0 Å². The van der Waals surface area contributed by atoms with Crippen molar-refractivity contribution in [2.75, 3.05) is 7.11 Å². The van der Waals surface area contributed by atoms with E-state index in [1.165, 1.54) is 7.11 Å². The lowest BCUT2D eigenvalue weighted by molar-refractivity contribution is -0.144. The Kier molecular flexibility index (Phi) is 3.77. The molecule has 0 heterocycles. The summed E-state index contributed by atoms with van der Waals surface area (Å²) in [4.78, 5) is 11.6. The van der Waals surface area contributed by atoms with Crippen LogP contribution in [0.25, 0.3) is 0 Å². The highest BCUT2D eigenvalue weighted by atomic mass is 16.5. The van der Waals surface area contributed by atoms with Gasteiger partial charge in [0.25, 0.3) is 0 Å². The van der Waals surface area contributed by atoms with E-state index in [4.69, 9.17) is 4.74 Å². The van der Waals surface area contributed by atoms with Gasteiger partial charge in [-0.15, -0.1) is 0 Å². The number of nitrogens with one attached hydrogen (secondary N) is 1. The molecule has 3 heteroatoms. The summed E-state index contributed by atoms with van der Waals surface area (Å²) in [5.41, 5.74) is 0.168. The van der Waals surface area contributed by atoms with Crippen LogP contribution in [0, 0.1) is 11.3 Å². The van der Waals surface area contributed by atoms with Crippen LogP contribution in [0.1, 0.15) is 40.5 Å². The molecule has 1 rings (SSSR count). The van der Waals surface area contributed by atoms with Crippen LogP contribution >= 0.6 is 0 Å². The third-order valence-corrected chi connectivity index (χ3v) is 3.28. The van der Waals surface area contributed by atoms with Crippen LogP contribution in [0.3, 0.4) is 0 Å². The zero-order valence-electron chi connectivity index (χ0n) is 10.5. The SMILES string of the molecule is COC(=O)C(NC(C)C(C)(C)C)C1CC1. The molecule has 0 spiro atoms. The molecule has 1 aliphatic rings. The van der Waals surface area contributed by atoms with Crippen LogP contribution in [0.2, 0.25) is 0 Å². The molecule has 1 saturated carbocycles. The first-order valence-electron chi connectivity index (χ1n) is 5.70. The zero-order valence-corrected chi connectivity index (χ0v) is 10.5. The fourth-order valence-electron chi connectivity index (χ4n) is 1.47. The molecular formula is C12H23NO2. The number of methoxy groups -OCH3 is 1. The lowest BCUT2D eigenvalue weighted by atomic mass is 9.87. The molecule has 88 valence electrons. The lowest BCUT2D eigenvalue weighted by Gasteiger charge is -2.31. The van der Waals surface area contributed by atoms with Crippen molar-refractivity contribution in [3.8, 4) is 0 Å². The average Bonchev–Trinajstić information content (AvgIpc) is 2.94. The molecule has 0 saturated heterocycles. The summed E-state index contributed by atoms with van der Waals surface area (Å²) < 4.78 is 4.83. The van der Waals surface area contributed by atoms with Crippen molar-refractivity contribution in [2.24, 2.45) is 11.3 Å². The molecule has 2 atom stereocenters. The first-order valence-corrected chi connectivity index (χ1v) is 5.70. The van der Waals surface area contributed by atoms with Crippen LogP contribution in [0.5, 0.6) is 0 Å². The van der Waals surface area contributed by atoms with E-state index in [-0.39, 0.29) is 17.4 Å². The second kappa shape index (κ2) is 4.52. The van der Waals surface area contributed by atoms with Crippen molar-refractivity contribution >= 4 is 5.97 Å². The Morgan fingerprint density at radius 3 is 2.27 bits per heavy atom. The monoisotopic (exact) mass is 213 g/mol. The molecule has 1 fully saturated rings. The molecule has 0 radical (unpaired) electrons. The maximum absolute atomic E-state index is 11.6. The topological polar surface area (TPSA) is 38.3 Å². The third-order valence-electron chi connectivity index (χ3n) is 3.28. The summed E-state index contributed by atoms with van der Waals surface area (Å²) in [6, 6.07) is 0.200. The number of esters is 1. The molecule has 0 bridgehead atoms. The zero-order chi connectivity index (χ0) is 11.6. The Balaban J connectivity index is 2.55. The van der Waals surface area contributed by atoms with E-state index in [1.54, 1.807) is 0 Å². The van der Waals surface area contributed by atoms with Gasteiger partial charge >= 0.3 is 5.97 Å². The predicted octanol–water partition coefficient (Wildman–Crippen LogP) is 1.96. The molecule has 3 nitrogen and oxygen atoms in total. The van der Waals surface area contributed by atoms with Gasteiger partial charge in [0.2, 0.25) is 0 Å². The molecule has 15 heavy (non-hydrogen) atoms. The van der Waals surface area contributed by atoms with Crippen molar-refractivity contribution in [3.63, 3.8) is 0 Å². The molecule has 0 aliphatic heterocycles. The van der Waals surface area contributed by atoms with Crippen LogP contribution < -0.4 is 5.32 Å². The summed E-state index contributed by atoms with van der Waals surface area (Å²) in [6.45, 7) is 8.64. The van der Waals surface area contributed by atoms with Gasteiger partial charge in [0.1, 0.15) is 6.04 Å². The molecule has 0 amide bonds. The average molecular weight is 213 g/mol. The molecule has 0 aromatic heterocycles. The Morgan fingerprint density at radius 2 is 1.93 bits per heavy atom. The number of carbonyl (C=O) groups excluding carboxylic acids is 1. The van der Waals surface area contributed by atoms with E-state index in [0.29, 0.717) is 12.0 Å². The van der Waals surface area contributed by atoms with E-state index >= 15 is 0 Å². The summed E-state index contributed by atoms with van der Waals surface area (Å²) in [6.07, 6.45) is 2.28. The molecule has 2 unspecified atom stereocenters. The van der Waals surface area contributed by atoms with E-state index in [1.807, 2.05) is 0 Å². The van der Waals surface area contributed by atoms with Gasteiger partial charge in [-0.05, 0) is 31.1 Å². The minimum Gasteiger partial charge on any atom is -0.468 e. The standard InChI is InChI=1S/C12H23NO2/c1-8(12(2,3)4)13-10(9-6-7-9)11(14)15-5/h8-10,13H,6-7H2,1-5H3. The molecule has 1 N–H and O–H groups in total. The Bertz CT molecular complexity index is 228. The highest BCUT2D eigenvalue weighted by Gasteiger charge is 2.38. The van der Waals surface area contributed by atoms with Crippen LogP contribution in [0.15, 0.2) is 0 Å². The summed E-state index contributed by atoms with van der Waals surface area (Å²) >= 11 is 0. The van der Waals surface area contributed by atoms with E-state index < -0.39 is 0 Å². The summed E-state index contributed by atoms with van der Waals surface area (Å²) in [5.74, 6) is 0.371. The van der Waals surface area contributed by atoms with E-state index in [2.05, 4.69) is 33.0 Å². The Labute approximate surface area is 92.6 Å². The van der Waals surface area contributed by atoms with E-state index in [9.17, 15) is 4.79 Å². The number of ether oxygens (including phenoxy) is 1. The smallest absolute Gasteiger partial charge is 0.323 e. The maximum Gasteiger partial charge on any atom is 0.323 e. The van der Waals surface area contributed by atoms with Crippen molar-refractivity contribution in [3.05, 3.63) is 0 Å². The van der Waals surface area contributed by atoms with Gasteiger partial charge in [-0.1, -0.05) is 20.8 Å². The van der Waals surface area contributed by atoms with Gasteiger partial charge in [0, 0.05) is 6.04 Å². The largest absolute Gasteiger partial charge is 0.468 e. The van der Waals surface area contributed by atoms with E-state index in [0.717, 1.165) is 12.8 Å². The molecule has 1 aliphatic carbocycles.